The van der Waals surface area contributed by atoms with Gasteiger partial charge in [0.15, 0.2) is 0 Å². The van der Waals surface area contributed by atoms with Crippen LogP contribution in [0.2, 0.25) is 0 Å². The van der Waals surface area contributed by atoms with Gasteiger partial charge in [-0.15, -0.1) is 0 Å². The van der Waals surface area contributed by atoms with E-state index in [2.05, 4.69) is 11.4 Å². The predicted octanol–water partition coefficient (Wildman–Crippen LogP) is 1.60. The van der Waals surface area contributed by atoms with Crippen molar-refractivity contribution >= 4 is 23.2 Å². The number of benzene rings is 1. The van der Waals surface area contributed by atoms with Gasteiger partial charge < -0.3 is 5.32 Å². The average Bonchev–Trinajstić information content (AvgIpc) is 2.46. The number of nitriles is 1. The molecule has 0 saturated heterocycles. The minimum absolute atomic E-state index is 0.159. The number of anilines is 2. The summed E-state index contributed by atoms with van der Waals surface area (Å²) in [5, 5.41) is 11.5. The Morgan fingerprint density at radius 3 is 2.77 bits per heavy atom. The standard InChI is InChI=1S/C16H20N4O2/c1-16(2)15(22)18-12-7-4-5-8-13(12)20(16)14(21)11-19(3)10-6-9-17/h4-5,7-8H,6,10-11H2,1-3H3,(H,18,22). The van der Waals surface area contributed by atoms with E-state index >= 15 is 0 Å². The minimum atomic E-state index is -0.957. The monoisotopic (exact) mass is 300 g/mol. The fourth-order valence-corrected chi connectivity index (χ4v) is 2.52. The third kappa shape index (κ3) is 2.95. The number of nitrogens with zero attached hydrogens (tertiary/aromatic N) is 3. The molecule has 1 N–H and O–H groups in total. The van der Waals surface area contributed by atoms with Crippen molar-refractivity contribution in [1.82, 2.24) is 4.90 Å². The molecule has 1 aliphatic rings. The number of rotatable bonds is 4. The smallest absolute Gasteiger partial charge is 0.250 e. The van der Waals surface area contributed by atoms with Gasteiger partial charge in [0, 0.05) is 13.0 Å². The van der Waals surface area contributed by atoms with Gasteiger partial charge in [-0.05, 0) is 33.0 Å². The predicted molar refractivity (Wildman–Crippen MR) is 84.4 cm³/mol. The van der Waals surface area contributed by atoms with Crippen molar-refractivity contribution in [2.75, 3.05) is 30.4 Å². The molecule has 116 valence electrons. The highest BCUT2D eigenvalue weighted by molar-refractivity contribution is 6.14. The van der Waals surface area contributed by atoms with Crippen LogP contribution >= 0.6 is 0 Å². The van der Waals surface area contributed by atoms with E-state index in [1.54, 1.807) is 36.8 Å². The third-order valence-electron chi connectivity index (χ3n) is 3.77. The lowest BCUT2D eigenvalue weighted by molar-refractivity contribution is -0.127. The number of hydrogen-bond acceptors (Lipinski definition) is 4. The van der Waals surface area contributed by atoms with Crippen molar-refractivity contribution in [2.24, 2.45) is 0 Å². The Morgan fingerprint density at radius 2 is 2.09 bits per heavy atom. The number of para-hydroxylation sites is 2. The lowest BCUT2D eigenvalue weighted by atomic mass is 9.96. The topological polar surface area (TPSA) is 76.4 Å². The molecule has 0 spiro atoms. The molecule has 0 aliphatic carbocycles. The number of carbonyl (C=O) groups excluding carboxylic acids is 2. The molecule has 6 nitrogen and oxygen atoms in total. The Bertz CT molecular complexity index is 633. The summed E-state index contributed by atoms with van der Waals surface area (Å²) in [6.07, 6.45) is 0.365. The molecule has 0 radical (unpaired) electrons. The van der Waals surface area contributed by atoms with Gasteiger partial charge >= 0.3 is 0 Å². The second-order valence-corrected chi connectivity index (χ2v) is 5.91. The van der Waals surface area contributed by atoms with Gasteiger partial charge in [0.1, 0.15) is 5.54 Å². The molecule has 2 amide bonds. The first kappa shape index (κ1) is 16.0. The van der Waals surface area contributed by atoms with Crippen LogP contribution in [0.3, 0.4) is 0 Å². The second-order valence-electron chi connectivity index (χ2n) is 5.91. The number of carbonyl (C=O) groups is 2. The fourth-order valence-electron chi connectivity index (χ4n) is 2.52. The Kier molecular flexibility index (Phi) is 4.48. The van der Waals surface area contributed by atoms with Crippen molar-refractivity contribution in [3.8, 4) is 6.07 Å². The molecule has 1 aromatic carbocycles. The van der Waals surface area contributed by atoms with E-state index in [9.17, 15) is 9.59 Å². The normalized spacial score (nSPS) is 16.0. The van der Waals surface area contributed by atoms with E-state index in [1.807, 2.05) is 18.2 Å². The summed E-state index contributed by atoms with van der Waals surface area (Å²) in [6, 6.07) is 9.32. The molecule has 0 unspecified atom stereocenters. The van der Waals surface area contributed by atoms with E-state index in [-0.39, 0.29) is 18.4 Å². The zero-order valence-electron chi connectivity index (χ0n) is 13.1. The van der Waals surface area contributed by atoms with Gasteiger partial charge in [0.2, 0.25) is 11.8 Å². The van der Waals surface area contributed by atoms with Crippen LogP contribution in [0.4, 0.5) is 11.4 Å². The Hall–Kier alpha value is -2.39. The summed E-state index contributed by atoms with van der Waals surface area (Å²) in [5.74, 6) is -0.369. The molecule has 0 atom stereocenters. The Labute approximate surface area is 130 Å². The summed E-state index contributed by atoms with van der Waals surface area (Å²) in [5.41, 5.74) is 0.382. The van der Waals surface area contributed by atoms with Gasteiger partial charge in [-0.25, -0.2) is 0 Å². The van der Waals surface area contributed by atoms with Gasteiger partial charge in [-0.1, -0.05) is 12.1 Å². The quantitative estimate of drug-likeness (QED) is 0.916. The SMILES string of the molecule is CN(CCC#N)CC(=O)N1c2ccccc2NC(=O)C1(C)C. The highest BCUT2D eigenvalue weighted by Gasteiger charge is 2.43. The largest absolute Gasteiger partial charge is 0.322 e. The fraction of sp³-hybridized carbons (Fsp3) is 0.438. The first-order valence-electron chi connectivity index (χ1n) is 7.17. The van der Waals surface area contributed by atoms with Crippen molar-refractivity contribution in [1.29, 1.82) is 5.26 Å². The van der Waals surface area contributed by atoms with Crippen molar-refractivity contribution in [2.45, 2.75) is 25.8 Å². The summed E-state index contributed by atoms with van der Waals surface area (Å²) in [6.45, 7) is 4.13. The molecule has 0 bridgehead atoms. The molecule has 1 heterocycles. The molecule has 1 aromatic rings. The maximum absolute atomic E-state index is 12.7. The molecule has 6 heteroatoms. The summed E-state index contributed by atoms with van der Waals surface area (Å²) in [4.78, 5) is 28.3. The Morgan fingerprint density at radius 1 is 1.41 bits per heavy atom. The lowest BCUT2D eigenvalue weighted by Crippen LogP contribution is -2.60. The van der Waals surface area contributed by atoms with Gasteiger partial charge in [-0.3, -0.25) is 19.4 Å². The maximum Gasteiger partial charge on any atom is 0.250 e. The van der Waals surface area contributed by atoms with E-state index in [4.69, 9.17) is 5.26 Å². The summed E-state index contributed by atoms with van der Waals surface area (Å²) in [7, 11) is 1.79. The van der Waals surface area contributed by atoms with Crippen LogP contribution in [-0.4, -0.2) is 42.4 Å². The lowest BCUT2D eigenvalue weighted by Gasteiger charge is -2.42. The van der Waals surface area contributed by atoms with Gasteiger partial charge in [-0.2, -0.15) is 5.26 Å². The molecule has 0 aromatic heterocycles. The molecular weight excluding hydrogens is 280 g/mol. The maximum atomic E-state index is 12.7. The van der Waals surface area contributed by atoms with Crippen LogP contribution < -0.4 is 10.2 Å². The highest BCUT2D eigenvalue weighted by Crippen LogP contribution is 2.36. The molecule has 0 saturated carbocycles. The van der Waals surface area contributed by atoms with E-state index < -0.39 is 5.54 Å². The molecule has 22 heavy (non-hydrogen) atoms. The van der Waals surface area contributed by atoms with Crippen LogP contribution in [0, 0.1) is 11.3 Å². The third-order valence-corrected chi connectivity index (χ3v) is 3.77. The van der Waals surface area contributed by atoms with E-state index in [0.717, 1.165) is 0 Å². The van der Waals surface area contributed by atoms with Crippen LogP contribution in [0.1, 0.15) is 20.3 Å². The zero-order valence-corrected chi connectivity index (χ0v) is 13.1. The van der Waals surface area contributed by atoms with Crippen LogP contribution in [0.15, 0.2) is 24.3 Å². The number of hydrogen-bond donors (Lipinski definition) is 1. The Balaban J connectivity index is 2.29. The summed E-state index contributed by atoms with van der Waals surface area (Å²) < 4.78 is 0. The van der Waals surface area contributed by atoms with Crippen molar-refractivity contribution < 1.29 is 9.59 Å². The number of likely N-dealkylation sites (N-methyl/N-ethyl adjacent to an activating group) is 1. The average molecular weight is 300 g/mol. The molecule has 2 rings (SSSR count). The van der Waals surface area contributed by atoms with Gasteiger partial charge in [0.25, 0.3) is 0 Å². The zero-order chi connectivity index (χ0) is 16.3. The number of amides is 2. The van der Waals surface area contributed by atoms with Crippen molar-refractivity contribution in [3.63, 3.8) is 0 Å². The van der Waals surface area contributed by atoms with Crippen LogP contribution in [0.25, 0.3) is 0 Å². The molecular formula is C16H20N4O2. The first-order valence-corrected chi connectivity index (χ1v) is 7.17. The van der Waals surface area contributed by atoms with Crippen LogP contribution in [0.5, 0.6) is 0 Å². The van der Waals surface area contributed by atoms with Crippen molar-refractivity contribution in [3.05, 3.63) is 24.3 Å². The second kappa shape index (κ2) is 6.16. The van der Waals surface area contributed by atoms with Crippen LogP contribution in [-0.2, 0) is 9.59 Å². The van der Waals surface area contributed by atoms with E-state index in [0.29, 0.717) is 24.3 Å². The van der Waals surface area contributed by atoms with E-state index in [1.165, 1.54) is 0 Å². The first-order chi connectivity index (χ1) is 10.4. The molecule has 0 fully saturated rings. The molecule has 1 aliphatic heterocycles. The highest BCUT2D eigenvalue weighted by atomic mass is 16.2. The number of fused-ring (bicyclic) bond motifs is 1. The minimum Gasteiger partial charge on any atom is -0.322 e. The van der Waals surface area contributed by atoms with Gasteiger partial charge in [0.05, 0.1) is 24.0 Å². The summed E-state index contributed by atoms with van der Waals surface area (Å²) >= 11 is 0. The number of nitrogens with one attached hydrogen (secondary N) is 1.